The van der Waals surface area contributed by atoms with Crippen LogP contribution in [-0.4, -0.2) is 57.6 Å². The van der Waals surface area contributed by atoms with Crippen molar-refractivity contribution in [2.75, 3.05) is 6.54 Å². The van der Waals surface area contributed by atoms with E-state index in [4.69, 9.17) is 0 Å². The third kappa shape index (κ3) is 4.67. The van der Waals surface area contributed by atoms with Gasteiger partial charge in [0.05, 0.1) is 6.10 Å². The smallest absolute Gasteiger partial charge is 0.326 e. The number of carbonyl (C=O) groups excluding carboxylic acids is 2. The van der Waals surface area contributed by atoms with E-state index in [1.54, 1.807) is 6.07 Å². The molecule has 0 saturated carbocycles. The Morgan fingerprint density at radius 1 is 1.42 bits per heavy atom. The zero-order valence-corrected chi connectivity index (χ0v) is 15.3. The second kappa shape index (κ2) is 7.93. The Kier molecular flexibility index (Phi) is 6.16. The number of halogens is 1. The minimum absolute atomic E-state index is 0.0854. The highest BCUT2D eigenvalue weighted by molar-refractivity contribution is 14.1. The minimum Gasteiger partial charge on any atom is -0.480 e. The first-order valence-corrected chi connectivity index (χ1v) is 8.58. The number of aliphatic carboxylic acids is 1. The Hall–Kier alpha value is -1.68. The van der Waals surface area contributed by atoms with Crippen LogP contribution >= 0.6 is 22.6 Å². The van der Waals surface area contributed by atoms with Crippen molar-refractivity contribution in [2.45, 2.75) is 38.0 Å². The Morgan fingerprint density at radius 3 is 2.71 bits per heavy atom. The second-order valence-electron chi connectivity index (χ2n) is 5.81. The number of nitrogens with zero attached hydrogens (tertiary/aromatic N) is 1. The summed E-state index contributed by atoms with van der Waals surface area (Å²) in [6.07, 6.45) is -0.516. The number of carbonyl (C=O) groups is 3. The number of hydrogen-bond acceptors (Lipinski definition) is 4. The fourth-order valence-corrected chi connectivity index (χ4v) is 3.39. The van der Waals surface area contributed by atoms with E-state index in [9.17, 15) is 24.6 Å². The monoisotopic (exact) mass is 446 g/mol. The third-order valence-corrected chi connectivity index (χ3v) is 4.60. The molecule has 2 amide bonds. The molecule has 2 rings (SSSR count). The van der Waals surface area contributed by atoms with Crippen LogP contribution < -0.4 is 5.32 Å². The SMILES string of the molecule is CC(=O)N1C[C@H](O)C[C@H]1C(=O)N[C@H](Cc1cccc(I)c1)C(=O)O. The average molecular weight is 446 g/mol. The zero-order valence-electron chi connectivity index (χ0n) is 13.1. The molecule has 3 atom stereocenters. The number of β-amino-alcohol motifs (C(OH)–C–C–N with tert-alkyl or cyclic N) is 1. The van der Waals surface area contributed by atoms with Crippen molar-refractivity contribution in [1.82, 2.24) is 10.2 Å². The van der Waals surface area contributed by atoms with E-state index >= 15 is 0 Å². The molecule has 0 aromatic heterocycles. The summed E-state index contributed by atoms with van der Waals surface area (Å²) in [4.78, 5) is 36.7. The maximum atomic E-state index is 12.4. The summed E-state index contributed by atoms with van der Waals surface area (Å²) >= 11 is 2.13. The van der Waals surface area contributed by atoms with Crippen LogP contribution in [0.4, 0.5) is 0 Å². The van der Waals surface area contributed by atoms with Crippen molar-refractivity contribution in [3.63, 3.8) is 0 Å². The molecule has 3 N–H and O–H groups in total. The molecule has 1 aliphatic rings. The van der Waals surface area contributed by atoms with Gasteiger partial charge in [0.1, 0.15) is 12.1 Å². The van der Waals surface area contributed by atoms with Crippen molar-refractivity contribution in [2.24, 2.45) is 0 Å². The molecule has 24 heavy (non-hydrogen) atoms. The van der Waals surface area contributed by atoms with Crippen molar-refractivity contribution < 1.29 is 24.6 Å². The summed E-state index contributed by atoms with van der Waals surface area (Å²) in [5.74, 6) is -2.02. The van der Waals surface area contributed by atoms with Gasteiger partial charge in [-0.15, -0.1) is 0 Å². The van der Waals surface area contributed by atoms with Crippen molar-refractivity contribution >= 4 is 40.4 Å². The largest absolute Gasteiger partial charge is 0.480 e. The zero-order chi connectivity index (χ0) is 17.9. The highest BCUT2D eigenvalue weighted by atomic mass is 127. The van der Waals surface area contributed by atoms with E-state index in [1.807, 2.05) is 18.2 Å². The van der Waals surface area contributed by atoms with Crippen molar-refractivity contribution in [1.29, 1.82) is 0 Å². The lowest BCUT2D eigenvalue weighted by Crippen LogP contribution is -2.51. The summed E-state index contributed by atoms with van der Waals surface area (Å²) in [6, 6.07) is 5.43. The quantitative estimate of drug-likeness (QED) is 0.568. The maximum absolute atomic E-state index is 12.4. The summed E-state index contributed by atoms with van der Waals surface area (Å²) in [6.45, 7) is 1.40. The van der Waals surface area contributed by atoms with E-state index in [0.717, 1.165) is 9.13 Å². The van der Waals surface area contributed by atoms with Gasteiger partial charge in [0.15, 0.2) is 0 Å². The Labute approximate surface area is 153 Å². The number of rotatable bonds is 5. The molecule has 0 unspecified atom stereocenters. The molecule has 130 valence electrons. The molecule has 8 heteroatoms. The van der Waals surface area contributed by atoms with Crippen LogP contribution in [0.25, 0.3) is 0 Å². The summed E-state index contributed by atoms with van der Waals surface area (Å²) in [7, 11) is 0. The molecular weight excluding hydrogens is 427 g/mol. The molecule has 0 bridgehead atoms. The molecule has 0 radical (unpaired) electrons. The van der Waals surface area contributed by atoms with Crippen LogP contribution in [0.5, 0.6) is 0 Å². The first kappa shape index (κ1) is 18.7. The topological polar surface area (TPSA) is 107 Å². The van der Waals surface area contributed by atoms with Crippen LogP contribution in [0.3, 0.4) is 0 Å². The summed E-state index contributed by atoms with van der Waals surface area (Å²) in [5, 5.41) is 21.5. The fourth-order valence-electron chi connectivity index (χ4n) is 2.78. The van der Waals surface area contributed by atoms with E-state index in [1.165, 1.54) is 11.8 Å². The average Bonchev–Trinajstić information content (AvgIpc) is 2.89. The third-order valence-electron chi connectivity index (χ3n) is 3.93. The molecule has 0 aliphatic carbocycles. The standard InChI is InChI=1S/C16H19IN2O5/c1-9(20)19-8-12(21)7-14(19)15(22)18-13(16(23)24)6-10-3-2-4-11(17)5-10/h2-5,12-14,21H,6-8H2,1H3,(H,18,22)(H,23,24)/t12-,13-,14+/m1/s1. The maximum Gasteiger partial charge on any atom is 0.326 e. The van der Waals surface area contributed by atoms with Gasteiger partial charge in [-0.3, -0.25) is 9.59 Å². The number of carboxylic acid groups (broad SMARTS) is 1. The number of likely N-dealkylation sites (tertiary alicyclic amines) is 1. The van der Waals surface area contributed by atoms with Crippen LogP contribution in [0.2, 0.25) is 0 Å². The first-order chi connectivity index (χ1) is 11.3. The fraction of sp³-hybridized carbons (Fsp3) is 0.438. The molecular formula is C16H19IN2O5. The van der Waals surface area contributed by atoms with E-state index in [2.05, 4.69) is 27.9 Å². The summed E-state index contributed by atoms with van der Waals surface area (Å²) < 4.78 is 0.974. The summed E-state index contributed by atoms with van der Waals surface area (Å²) in [5.41, 5.74) is 0.796. The molecule has 1 heterocycles. The predicted molar refractivity (Wildman–Crippen MR) is 94.2 cm³/mol. The minimum atomic E-state index is -1.14. The van der Waals surface area contributed by atoms with Gasteiger partial charge in [0, 0.05) is 29.9 Å². The number of benzene rings is 1. The van der Waals surface area contributed by atoms with E-state index in [0.29, 0.717) is 0 Å². The predicted octanol–water partition coefficient (Wildman–Crippen LogP) is 0.385. The van der Waals surface area contributed by atoms with Crippen molar-refractivity contribution in [3.8, 4) is 0 Å². The normalized spacial score (nSPS) is 21.4. The van der Waals surface area contributed by atoms with Crippen LogP contribution in [0, 0.1) is 3.57 Å². The molecule has 1 saturated heterocycles. The van der Waals surface area contributed by atoms with Gasteiger partial charge in [-0.05, 0) is 40.3 Å². The lowest BCUT2D eigenvalue weighted by molar-refractivity contribution is -0.143. The number of aliphatic hydroxyl groups excluding tert-OH is 1. The highest BCUT2D eigenvalue weighted by Gasteiger charge is 2.38. The molecule has 0 spiro atoms. The number of amides is 2. The molecule has 7 nitrogen and oxygen atoms in total. The Bertz CT molecular complexity index is 651. The van der Waals surface area contributed by atoms with E-state index < -0.39 is 30.1 Å². The van der Waals surface area contributed by atoms with Crippen LogP contribution in [0.1, 0.15) is 18.9 Å². The Morgan fingerprint density at radius 2 is 2.12 bits per heavy atom. The lowest BCUT2D eigenvalue weighted by atomic mass is 10.1. The van der Waals surface area contributed by atoms with Gasteiger partial charge >= 0.3 is 5.97 Å². The van der Waals surface area contributed by atoms with Gasteiger partial charge in [-0.2, -0.15) is 0 Å². The van der Waals surface area contributed by atoms with Crippen LogP contribution in [0.15, 0.2) is 24.3 Å². The number of carboxylic acids is 1. The van der Waals surface area contributed by atoms with Gasteiger partial charge in [-0.25, -0.2) is 4.79 Å². The van der Waals surface area contributed by atoms with Crippen LogP contribution in [-0.2, 0) is 20.8 Å². The number of hydrogen-bond donors (Lipinski definition) is 3. The highest BCUT2D eigenvalue weighted by Crippen LogP contribution is 2.18. The van der Waals surface area contributed by atoms with Gasteiger partial charge < -0.3 is 20.4 Å². The lowest BCUT2D eigenvalue weighted by Gasteiger charge is -2.24. The van der Waals surface area contributed by atoms with E-state index in [-0.39, 0.29) is 25.3 Å². The molecule has 1 aliphatic heterocycles. The molecule has 1 aromatic rings. The number of nitrogens with one attached hydrogen (secondary N) is 1. The van der Waals surface area contributed by atoms with Gasteiger partial charge in [0.25, 0.3) is 0 Å². The van der Waals surface area contributed by atoms with Gasteiger partial charge in [0.2, 0.25) is 11.8 Å². The second-order valence-corrected chi connectivity index (χ2v) is 7.06. The Balaban J connectivity index is 2.08. The van der Waals surface area contributed by atoms with Crippen molar-refractivity contribution in [3.05, 3.63) is 33.4 Å². The number of aliphatic hydroxyl groups is 1. The molecule has 1 fully saturated rings. The first-order valence-electron chi connectivity index (χ1n) is 7.51. The molecule has 1 aromatic carbocycles. The van der Waals surface area contributed by atoms with Gasteiger partial charge in [-0.1, -0.05) is 12.1 Å².